The zero-order valence-electron chi connectivity index (χ0n) is 11.8. The van der Waals surface area contributed by atoms with Crippen LogP contribution in [-0.4, -0.2) is 24.1 Å². The molecule has 4 rings (SSSR count). The highest BCUT2D eigenvalue weighted by Gasteiger charge is 2.33. The van der Waals surface area contributed by atoms with Gasteiger partial charge in [-0.05, 0) is 49.7 Å². The first-order valence-electron chi connectivity index (χ1n) is 7.69. The Balaban J connectivity index is 1.65. The smallest absolute Gasteiger partial charge is 0.257 e. The van der Waals surface area contributed by atoms with Gasteiger partial charge < -0.3 is 15.3 Å². The molecule has 4 nitrogen and oxygen atoms in total. The van der Waals surface area contributed by atoms with E-state index in [-0.39, 0.29) is 5.82 Å². The highest BCUT2D eigenvalue weighted by Crippen LogP contribution is 2.40. The number of fused-ring (bicyclic) bond motifs is 1. The summed E-state index contributed by atoms with van der Waals surface area (Å²) in [5.74, 6) is 0.538. The summed E-state index contributed by atoms with van der Waals surface area (Å²) in [5, 5.41) is 12.3. The third kappa shape index (κ3) is 2.50. The van der Waals surface area contributed by atoms with Crippen LogP contribution in [0.3, 0.4) is 0 Å². The lowest BCUT2D eigenvalue weighted by atomic mass is 10.1. The van der Waals surface area contributed by atoms with Gasteiger partial charge in [0.2, 0.25) is 0 Å². The van der Waals surface area contributed by atoms with E-state index in [1.165, 1.54) is 31.7 Å². The van der Waals surface area contributed by atoms with Gasteiger partial charge >= 0.3 is 0 Å². The van der Waals surface area contributed by atoms with Gasteiger partial charge in [0.25, 0.3) is 5.91 Å². The van der Waals surface area contributed by atoms with Crippen molar-refractivity contribution in [3.8, 4) is 0 Å². The fourth-order valence-electron chi connectivity index (χ4n) is 2.99. The largest absolute Gasteiger partial charge is 0.378 e. The van der Waals surface area contributed by atoms with Gasteiger partial charge in [-0.25, -0.2) is 4.39 Å². The maximum atomic E-state index is 14.4. The molecule has 1 aromatic rings. The third-order valence-electron chi connectivity index (χ3n) is 4.61. The van der Waals surface area contributed by atoms with E-state index in [9.17, 15) is 14.3 Å². The number of rotatable bonds is 5. The van der Waals surface area contributed by atoms with Crippen molar-refractivity contribution in [1.82, 2.24) is 0 Å². The number of halogens is 1. The predicted molar refractivity (Wildman–Crippen MR) is 77.7 cm³/mol. The molecule has 1 heterocycles. The minimum Gasteiger partial charge on any atom is -0.378 e. The second-order valence-electron chi connectivity index (χ2n) is 6.57. The topological polar surface area (TPSA) is 52.6 Å². The molecule has 1 aromatic carbocycles. The molecule has 1 aliphatic heterocycles. The number of aliphatic hydroxyl groups excluding tert-OH is 1. The summed E-state index contributed by atoms with van der Waals surface area (Å²) in [7, 11) is 0. The van der Waals surface area contributed by atoms with Gasteiger partial charge in [-0.15, -0.1) is 0 Å². The first kappa shape index (κ1) is 13.1. The van der Waals surface area contributed by atoms with Gasteiger partial charge in [0.15, 0.2) is 6.10 Å². The molecular formula is C16H19FN2O2. The summed E-state index contributed by atoms with van der Waals surface area (Å²) in [4.78, 5) is 13.6. The van der Waals surface area contributed by atoms with E-state index in [0.29, 0.717) is 28.8 Å². The molecule has 21 heavy (non-hydrogen) atoms. The van der Waals surface area contributed by atoms with Crippen LogP contribution in [0, 0.1) is 17.7 Å². The summed E-state index contributed by atoms with van der Waals surface area (Å²) in [6.45, 7) is 1.78. The number of benzene rings is 1. The van der Waals surface area contributed by atoms with Crippen molar-refractivity contribution in [3.63, 3.8) is 0 Å². The molecule has 5 heteroatoms. The molecule has 2 N–H and O–H groups in total. The lowest BCUT2D eigenvalue weighted by Crippen LogP contribution is -2.29. The van der Waals surface area contributed by atoms with Crippen molar-refractivity contribution in [3.05, 3.63) is 23.5 Å². The van der Waals surface area contributed by atoms with Crippen molar-refractivity contribution in [2.24, 2.45) is 11.8 Å². The third-order valence-corrected chi connectivity index (χ3v) is 4.61. The molecule has 2 fully saturated rings. The van der Waals surface area contributed by atoms with Crippen LogP contribution in [-0.2, 0) is 4.79 Å². The second kappa shape index (κ2) is 4.70. The fraction of sp³-hybridized carbons (Fsp3) is 0.562. The van der Waals surface area contributed by atoms with Gasteiger partial charge in [-0.2, -0.15) is 0 Å². The van der Waals surface area contributed by atoms with Gasteiger partial charge in [0.1, 0.15) is 5.82 Å². The average Bonchev–Trinajstić information content (AvgIpc) is 3.34. The SMILES string of the molecule is O=C1Nc2cc(N(CC3CC3)CC3CC3)c(F)cc2C1O. The fourth-order valence-corrected chi connectivity index (χ4v) is 2.99. The predicted octanol–water partition coefficient (Wildman–Crippen LogP) is 2.44. The zero-order chi connectivity index (χ0) is 14.6. The number of anilines is 2. The molecule has 1 atom stereocenters. The monoisotopic (exact) mass is 290 g/mol. The second-order valence-corrected chi connectivity index (χ2v) is 6.57. The number of hydrogen-bond acceptors (Lipinski definition) is 3. The van der Waals surface area contributed by atoms with Crippen molar-refractivity contribution >= 4 is 17.3 Å². The summed E-state index contributed by atoms with van der Waals surface area (Å²) in [6, 6.07) is 2.99. The Morgan fingerprint density at radius 3 is 2.38 bits per heavy atom. The Labute approximate surface area is 122 Å². The molecule has 0 aromatic heterocycles. The number of carbonyl (C=O) groups is 1. The van der Waals surface area contributed by atoms with Gasteiger partial charge in [0, 0.05) is 24.3 Å². The summed E-state index contributed by atoms with van der Waals surface area (Å²) in [5.41, 5.74) is 1.45. The molecule has 112 valence electrons. The molecule has 0 bridgehead atoms. The van der Waals surface area contributed by atoms with Crippen molar-refractivity contribution in [1.29, 1.82) is 0 Å². The standard InChI is InChI=1S/C16H19FN2O2/c17-12-5-11-13(18-16(21)15(11)20)6-14(12)19(7-9-1-2-9)8-10-3-4-10/h5-6,9-10,15,20H,1-4,7-8H2,(H,18,21). The number of nitrogens with zero attached hydrogens (tertiary/aromatic N) is 1. The number of hydrogen-bond donors (Lipinski definition) is 2. The Bertz CT molecular complexity index is 582. The van der Waals surface area contributed by atoms with Crippen LogP contribution in [0.25, 0.3) is 0 Å². The lowest BCUT2D eigenvalue weighted by molar-refractivity contribution is -0.123. The molecule has 2 saturated carbocycles. The molecule has 1 unspecified atom stereocenters. The Morgan fingerprint density at radius 2 is 1.81 bits per heavy atom. The van der Waals surface area contributed by atoms with Gasteiger partial charge in [-0.3, -0.25) is 4.79 Å². The maximum Gasteiger partial charge on any atom is 0.257 e. The Kier molecular flexibility index (Phi) is 2.92. The summed E-state index contributed by atoms with van der Waals surface area (Å²) >= 11 is 0. The van der Waals surface area contributed by atoms with Crippen LogP contribution < -0.4 is 10.2 Å². The van der Waals surface area contributed by atoms with Crippen molar-refractivity contribution in [2.45, 2.75) is 31.8 Å². The van der Waals surface area contributed by atoms with Crippen LogP contribution >= 0.6 is 0 Å². The molecule has 3 aliphatic rings. The highest BCUT2D eigenvalue weighted by molar-refractivity contribution is 6.02. The van der Waals surface area contributed by atoms with Crippen LogP contribution in [0.15, 0.2) is 12.1 Å². The van der Waals surface area contributed by atoms with Crippen LogP contribution in [0.2, 0.25) is 0 Å². The van der Waals surface area contributed by atoms with Crippen molar-refractivity contribution < 1.29 is 14.3 Å². The molecule has 1 amide bonds. The van der Waals surface area contributed by atoms with Crippen LogP contribution in [0.1, 0.15) is 37.4 Å². The zero-order valence-corrected chi connectivity index (χ0v) is 11.8. The molecular weight excluding hydrogens is 271 g/mol. The van der Waals surface area contributed by atoms with Gasteiger partial charge in [-0.1, -0.05) is 0 Å². The van der Waals surface area contributed by atoms with E-state index < -0.39 is 12.0 Å². The first-order valence-corrected chi connectivity index (χ1v) is 7.69. The van der Waals surface area contributed by atoms with E-state index in [2.05, 4.69) is 10.2 Å². The van der Waals surface area contributed by atoms with E-state index in [4.69, 9.17) is 0 Å². The number of amides is 1. The molecule has 2 aliphatic carbocycles. The van der Waals surface area contributed by atoms with Crippen LogP contribution in [0.4, 0.5) is 15.8 Å². The Morgan fingerprint density at radius 1 is 1.19 bits per heavy atom. The van der Waals surface area contributed by atoms with E-state index in [0.717, 1.165) is 13.1 Å². The molecule has 0 radical (unpaired) electrons. The lowest BCUT2D eigenvalue weighted by Gasteiger charge is -2.26. The van der Waals surface area contributed by atoms with Crippen molar-refractivity contribution in [2.75, 3.05) is 23.3 Å². The minimum absolute atomic E-state index is 0.342. The maximum absolute atomic E-state index is 14.4. The average molecular weight is 290 g/mol. The molecule has 0 spiro atoms. The van der Waals surface area contributed by atoms with E-state index in [1.54, 1.807) is 6.07 Å². The minimum atomic E-state index is -1.25. The number of nitrogens with one attached hydrogen (secondary N) is 1. The highest BCUT2D eigenvalue weighted by atomic mass is 19.1. The summed E-state index contributed by atoms with van der Waals surface area (Å²) in [6.07, 6.45) is 3.66. The quantitative estimate of drug-likeness (QED) is 0.875. The normalized spacial score (nSPS) is 23.9. The summed E-state index contributed by atoms with van der Waals surface area (Å²) < 4.78 is 14.4. The number of carbonyl (C=O) groups excluding carboxylic acids is 1. The van der Waals surface area contributed by atoms with Gasteiger partial charge in [0.05, 0.1) is 5.69 Å². The van der Waals surface area contributed by atoms with Crippen LogP contribution in [0.5, 0.6) is 0 Å². The Hall–Kier alpha value is -1.62. The van der Waals surface area contributed by atoms with E-state index >= 15 is 0 Å². The number of aliphatic hydroxyl groups is 1. The first-order chi connectivity index (χ1) is 10.1. The van der Waals surface area contributed by atoms with E-state index in [1.807, 2.05) is 0 Å². The molecule has 0 saturated heterocycles.